The number of benzene rings is 4. The molecule has 20 heteroatoms. The monoisotopic (exact) mass is 926 g/mol. The minimum atomic E-state index is -5.07. The number of hydrogen-bond acceptors (Lipinski definition) is 10. The van der Waals surface area contributed by atoms with Crippen molar-refractivity contribution >= 4 is 49.2 Å². The Morgan fingerprint density at radius 3 is 1.19 bits per heavy atom. The molecule has 15 nitrogen and oxygen atoms in total. The zero-order chi connectivity index (χ0) is 46.5. The van der Waals surface area contributed by atoms with Gasteiger partial charge in [-0.05, 0) is 22.3 Å². The van der Waals surface area contributed by atoms with Gasteiger partial charge in [0.05, 0.1) is 36.1 Å². The fraction of sp³-hybridized carbons (Fsp3) is 0.341. The summed E-state index contributed by atoms with van der Waals surface area (Å²) in [5.74, 6) is -3.23. The van der Waals surface area contributed by atoms with Crippen molar-refractivity contribution in [1.82, 2.24) is 24.9 Å². The van der Waals surface area contributed by atoms with Gasteiger partial charge in [0.1, 0.15) is 0 Å². The third-order valence-corrected chi connectivity index (χ3v) is 13.6. The molecule has 64 heavy (non-hydrogen) atoms. The second kappa shape index (κ2) is 22.0. The van der Waals surface area contributed by atoms with Crippen LogP contribution in [0.1, 0.15) is 43.0 Å². The summed E-state index contributed by atoms with van der Waals surface area (Å²) in [6.07, 6.45) is -5.07. The average Bonchev–Trinajstić information content (AvgIpc) is 3.28. The number of alkyl halides is 3. The van der Waals surface area contributed by atoms with Crippen molar-refractivity contribution in [1.29, 1.82) is 0 Å². The molecule has 2 aliphatic heterocycles. The molecule has 4 aromatic carbocycles. The third-order valence-electron chi connectivity index (χ3n) is 10.4. The van der Waals surface area contributed by atoms with Gasteiger partial charge in [0.2, 0.25) is 0 Å². The van der Waals surface area contributed by atoms with Gasteiger partial charge < -0.3 is 30.7 Å². The quantitative estimate of drug-likeness (QED) is 0.184. The number of carbonyl (C=O) groups is 5. The van der Waals surface area contributed by atoms with Crippen LogP contribution in [0.5, 0.6) is 0 Å². The van der Waals surface area contributed by atoms with Crippen molar-refractivity contribution in [2.24, 2.45) is 5.73 Å². The maximum atomic E-state index is 13.2. The Balaban J connectivity index is 0.000000245. The molecule has 2 heterocycles. The lowest BCUT2D eigenvalue weighted by Crippen LogP contribution is -2.49. The van der Waals surface area contributed by atoms with Crippen LogP contribution in [0.15, 0.2) is 109 Å². The minimum absolute atomic E-state index is 0.00614. The van der Waals surface area contributed by atoms with Crippen molar-refractivity contribution in [3.63, 3.8) is 0 Å². The highest BCUT2D eigenvalue weighted by Crippen LogP contribution is 2.19. The van der Waals surface area contributed by atoms with Crippen LogP contribution < -0.4 is 11.1 Å². The van der Waals surface area contributed by atoms with E-state index < -0.39 is 44.1 Å². The molecule has 4 aromatic rings. The fourth-order valence-electron chi connectivity index (χ4n) is 6.71. The van der Waals surface area contributed by atoms with E-state index in [4.69, 9.17) is 5.73 Å². The molecule has 0 spiro atoms. The van der Waals surface area contributed by atoms with E-state index in [2.05, 4.69) is 0 Å². The van der Waals surface area contributed by atoms with Crippen LogP contribution >= 0.6 is 0 Å². The molecule has 5 amide bonds. The van der Waals surface area contributed by atoms with Gasteiger partial charge in [-0.2, -0.15) is 13.2 Å². The van der Waals surface area contributed by atoms with Crippen molar-refractivity contribution in [2.75, 3.05) is 62.3 Å². The zero-order valence-electron chi connectivity index (χ0n) is 34.8. The number of nitrogens with two attached hydrogens (primary N) is 1. The normalized spacial score (nSPS) is 15.5. The van der Waals surface area contributed by atoms with Crippen LogP contribution in [0.25, 0.3) is 0 Å². The number of rotatable bonds is 13. The first kappa shape index (κ1) is 48.9. The Morgan fingerprint density at radius 1 is 0.531 bits per heavy atom. The Kier molecular flexibility index (Phi) is 16.8. The van der Waals surface area contributed by atoms with E-state index in [1.54, 1.807) is 39.0 Å². The highest BCUT2D eigenvalue weighted by Gasteiger charge is 2.38. The summed E-state index contributed by atoms with van der Waals surface area (Å²) in [5.41, 5.74) is 9.45. The van der Waals surface area contributed by atoms with Gasteiger partial charge in [0, 0.05) is 63.5 Å². The Morgan fingerprint density at radius 2 is 0.859 bits per heavy atom. The average molecular weight is 927 g/mol. The summed E-state index contributed by atoms with van der Waals surface area (Å²) in [5, 5.41) is 1.54. The lowest BCUT2D eigenvalue weighted by atomic mass is 10.1. The van der Waals surface area contributed by atoms with Gasteiger partial charge in [-0.15, -0.1) is 0 Å². The van der Waals surface area contributed by atoms with E-state index in [1.807, 2.05) is 72.8 Å². The van der Waals surface area contributed by atoms with Gasteiger partial charge in [-0.1, -0.05) is 109 Å². The van der Waals surface area contributed by atoms with E-state index in [0.717, 1.165) is 16.7 Å². The van der Waals surface area contributed by atoms with Gasteiger partial charge in [0.25, 0.3) is 0 Å². The molecule has 0 aromatic heterocycles. The Labute approximate surface area is 369 Å². The van der Waals surface area contributed by atoms with E-state index in [-0.39, 0.29) is 92.2 Å². The van der Waals surface area contributed by atoms with Gasteiger partial charge in [-0.3, -0.25) is 14.4 Å². The highest BCUT2D eigenvalue weighted by molar-refractivity contribution is 7.91. The molecule has 0 bridgehead atoms. The fourth-order valence-corrected chi connectivity index (χ4v) is 9.11. The molecule has 2 saturated heterocycles. The Hall–Kier alpha value is -6.12. The largest absolute Gasteiger partial charge is 0.471 e. The van der Waals surface area contributed by atoms with Gasteiger partial charge >= 0.3 is 24.1 Å². The van der Waals surface area contributed by atoms with Crippen LogP contribution in [0, 0.1) is 0 Å². The van der Waals surface area contributed by atoms with Gasteiger partial charge in [0.15, 0.2) is 31.2 Å². The highest BCUT2D eigenvalue weighted by atomic mass is 32.2. The maximum Gasteiger partial charge on any atom is 0.471 e. The van der Waals surface area contributed by atoms with Gasteiger partial charge in [-0.25, -0.2) is 26.4 Å². The lowest BCUT2D eigenvalue weighted by Gasteiger charge is -2.33. The molecule has 0 saturated carbocycles. The first-order chi connectivity index (χ1) is 30.3. The first-order valence-electron chi connectivity index (χ1n) is 20.2. The summed E-state index contributed by atoms with van der Waals surface area (Å²) in [6, 6.07) is 31.4. The van der Waals surface area contributed by atoms with Crippen LogP contribution in [-0.2, 0) is 50.6 Å². The number of nitrogens with one attached hydrogen (secondary N) is 1. The molecule has 2 fully saturated rings. The molecule has 2 aliphatic rings. The van der Waals surface area contributed by atoms with Crippen molar-refractivity contribution in [3.05, 3.63) is 143 Å². The number of ketones is 2. The van der Waals surface area contributed by atoms with Crippen LogP contribution in [0.2, 0.25) is 0 Å². The molecule has 0 unspecified atom stereocenters. The van der Waals surface area contributed by atoms with Crippen molar-refractivity contribution < 1.29 is 54.0 Å². The van der Waals surface area contributed by atoms with E-state index >= 15 is 0 Å². The molecule has 0 radical (unpaired) electrons. The lowest BCUT2D eigenvalue weighted by molar-refractivity contribution is -0.173. The third kappa shape index (κ3) is 14.7. The van der Waals surface area contributed by atoms with Crippen molar-refractivity contribution in [3.8, 4) is 0 Å². The predicted octanol–water partition coefficient (Wildman–Crippen LogP) is 4.08. The maximum absolute atomic E-state index is 13.2. The SMILES string of the molecule is NCC(=O)c1ccc(CN(Cc2ccccc2)C(=O)N2CCS(=O)(=O)CC2)cc1.O=C(CNC(=O)C(F)(F)F)c1ccc(CN(Cc2ccccc2)C(=O)N2CCS(=O)(=O)CC2)cc1. The summed E-state index contributed by atoms with van der Waals surface area (Å²) in [4.78, 5) is 67.4. The molecule has 0 atom stereocenters. The topological polar surface area (TPSA) is 205 Å². The summed E-state index contributed by atoms with van der Waals surface area (Å²) < 4.78 is 83.7. The molecule has 342 valence electrons. The minimum Gasteiger partial charge on any atom is -0.341 e. The van der Waals surface area contributed by atoms with Crippen LogP contribution in [0.3, 0.4) is 0 Å². The molecular weight excluding hydrogens is 878 g/mol. The number of halogens is 3. The van der Waals surface area contributed by atoms with Crippen molar-refractivity contribution in [2.45, 2.75) is 32.4 Å². The summed E-state index contributed by atoms with van der Waals surface area (Å²) >= 11 is 0. The van der Waals surface area contributed by atoms with E-state index in [0.29, 0.717) is 24.2 Å². The Bertz CT molecular complexity index is 2450. The number of amides is 5. The summed E-state index contributed by atoms with van der Waals surface area (Å²) in [6.45, 7) is 0.966. The number of Topliss-reactive ketones (excluding diaryl/α,β-unsaturated/α-hetero) is 2. The number of sulfone groups is 2. The summed E-state index contributed by atoms with van der Waals surface area (Å²) in [7, 11) is -6.22. The second-order valence-corrected chi connectivity index (χ2v) is 19.8. The number of hydrogen-bond donors (Lipinski definition) is 2. The number of urea groups is 2. The molecular formula is C44H49F3N6O9S2. The molecule has 6 rings (SSSR count). The zero-order valence-corrected chi connectivity index (χ0v) is 36.4. The molecule has 0 aliphatic carbocycles. The first-order valence-corrected chi connectivity index (χ1v) is 23.8. The van der Waals surface area contributed by atoms with Crippen LogP contribution in [-0.4, -0.2) is 134 Å². The van der Waals surface area contributed by atoms with E-state index in [9.17, 15) is 54.0 Å². The number of nitrogens with zero attached hydrogens (tertiary/aromatic N) is 4. The molecule has 3 N–H and O–H groups in total. The second-order valence-electron chi connectivity index (χ2n) is 15.2. The predicted molar refractivity (Wildman–Crippen MR) is 232 cm³/mol. The smallest absolute Gasteiger partial charge is 0.341 e. The standard InChI is InChI=1S/C23H24F3N3O5S.C21H25N3O4S/c24-23(25,26)21(31)27-14-20(30)19-8-6-18(7-9-19)16-29(15-17-4-2-1-3-5-17)22(32)28-10-12-35(33,34)13-11-28;22-14-20(25)19-8-6-18(7-9-19)16-24(15-17-4-2-1-3-5-17)21(26)23-10-12-29(27,28)13-11-23/h1-9H,10-16H2,(H,27,31);1-9H,10-16,22H2. The number of carbonyl (C=O) groups excluding carboxylic acids is 5. The van der Waals surface area contributed by atoms with E-state index in [1.165, 1.54) is 22.3 Å². The van der Waals surface area contributed by atoms with Crippen LogP contribution in [0.4, 0.5) is 22.8 Å².